The second-order valence-corrected chi connectivity index (χ2v) is 7.10. The number of carbonyl (C=O) groups is 1. The molecule has 2 heterocycles. The molecular formula is C22H19ClN4O3. The zero-order chi connectivity index (χ0) is 21.1. The minimum atomic E-state index is -1.13. The lowest BCUT2D eigenvalue weighted by Gasteiger charge is -2.17. The molecule has 0 amide bonds. The van der Waals surface area contributed by atoms with Gasteiger partial charge in [0.25, 0.3) is 0 Å². The number of halogens is 1. The number of ether oxygens (including phenoxy) is 1. The first-order valence-corrected chi connectivity index (χ1v) is 9.84. The van der Waals surface area contributed by atoms with Gasteiger partial charge >= 0.3 is 12.0 Å². The first-order chi connectivity index (χ1) is 14.6. The maximum Gasteiger partial charge on any atom is 0.341 e. The summed E-state index contributed by atoms with van der Waals surface area (Å²) < 4.78 is 5.37. The van der Waals surface area contributed by atoms with E-state index in [1.165, 1.54) is 6.20 Å². The highest BCUT2D eigenvalue weighted by molar-refractivity contribution is 6.30. The summed E-state index contributed by atoms with van der Waals surface area (Å²) in [5.41, 5.74) is 2.76. The van der Waals surface area contributed by atoms with Crippen molar-refractivity contribution in [3.63, 3.8) is 0 Å². The first-order valence-electron chi connectivity index (χ1n) is 9.47. The standard InChI is InChI=1S/C22H19ClN4O3/c1-2-30-22-24-12-17(21(28)29)20(25-22)27-13-18(14-6-4-3-5-7-14)19(26-27)15-8-10-16(23)11-9-15/h3-12,18H,2,13H2,1H3,(H,28,29). The van der Waals surface area contributed by atoms with E-state index >= 15 is 0 Å². The predicted octanol–water partition coefficient (Wildman–Crippen LogP) is 4.24. The van der Waals surface area contributed by atoms with Gasteiger partial charge in [0.1, 0.15) is 5.56 Å². The van der Waals surface area contributed by atoms with E-state index in [0.717, 1.165) is 16.8 Å². The van der Waals surface area contributed by atoms with Crippen LogP contribution in [0, 0.1) is 0 Å². The molecule has 2 aromatic carbocycles. The Kier molecular flexibility index (Phi) is 5.63. The van der Waals surface area contributed by atoms with Crippen molar-refractivity contribution < 1.29 is 14.6 Å². The summed E-state index contributed by atoms with van der Waals surface area (Å²) >= 11 is 6.05. The summed E-state index contributed by atoms with van der Waals surface area (Å²) in [6.07, 6.45) is 1.25. The number of hydrazone groups is 1. The first kappa shape index (κ1) is 19.8. The molecular weight excluding hydrogens is 404 g/mol. The van der Waals surface area contributed by atoms with Crippen LogP contribution in [0.4, 0.5) is 5.82 Å². The highest BCUT2D eigenvalue weighted by Crippen LogP contribution is 2.33. The average molecular weight is 423 g/mol. The van der Waals surface area contributed by atoms with Crippen LogP contribution in [0.5, 0.6) is 6.01 Å². The van der Waals surface area contributed by atoms with Crippen molar-refractivity contribution in [2.24, 2.45) is 5.10 Å². The van der Waals surface area contributed by atoms with E-state index in [2.05, 4.69) is 9.97 Å². The Morgan fingerprint density at radius 3 is 2.60 bits per heavy atom. The lowest BCUT2D eigenvalue weighted by Crippen LogP contribution is -2.22. The van der Waals surface area contributed by atoms with Gasteiger partial charge in [-0.2, -0.15) is 10.1 Å². The third-order valence-corrected chi connectivity index (χ3v) is 5.00. The fraction of sp³-hybridized carbons (Fsp3) is 0.182. The molecule has 4 rings (SSSR count). The number of benzene rings is 2. The molecule has 0 spiro atoms. The van der Waals surface area contributed by atoms with Crippen molar-refractivity contribution >= 4 is 29.1 Å². The number of aromatic carboxylic acids is 1. The highest BCUT2D eigenvalue weighted by Gasteiger charge is 2.33. The van der Waals surface area contributed by atoms with Gasteiger partial charge in [0.15, 0.2) is 5.82 Å². The van der Waals surface area contributed by atoms with Crippen LogP contribution in [0.3, 0.4) is 0 Å². The van der Waals surface area contributed by atoms with Crippen LogP contribution in [-0.4, -0.2) is 39.9 Å². The maximum atomic E-state index is 11.8. The Hall–Kier alpha value is -3.45. The summed E-state index contributed by atoms with van der Waals surface area (Å²) in [5.74, 6) is -0.996. The lowest BCUT2D eigenvalue weighted by molar-refractivity contribution is 0.0696. The number of rotatable bonds is 6. The van der Waals surface area contributed by atoms with Crippen LogP contribution in [0.2, 0.25) is 5.02 Å². The van der Waals surface area contributed by atoms with Gasteiger partial charge in [-0.25, -0.2) is 14.8 Å². The Labute approximate surface area is 178 Å². The van der Waals surface area contributed by atoms with Gasteiger partial charge in [0.05, 0.1) is 25.1 Å². The van der Waals surface area contributed by atoms with Crippen LogP contribution < -0.4 is 9.75 Å². The van der Waals surface area contributed by atoms with Gasteiger partial charge in [-0.3, -0.25) is 0 Å². The number of hydrogen-bond acceptors (Lipinski definition) is 6. The van der Waals surface area contributed by atoms with Gasteiger partial charge in [-0.15, -0.1) is 0 Å². The summed E-state index contributed by atoms with van der Waals surface area (Å²) in [4.78, 5) is 20.1. The molecule has 1 atom stereocenters. The van der Waals surface area contributed by atoms with E-state index in [4.69, 9.17) is 21.4 Å². The summed E-state index contributed by atoms with van der Waals surface area (Å²) in [7, 11) is 0. The minimum Gasteiger partial charge on any atom is -0.477 e. The van der Waals surface area contributed by atoms with Crippen molar-refractivity contribution in [3.8, 4) is 6.01 Å². The molecule has 0 bridgehead atoms. The molecule has 0 aliphatic carbocycles. The zero-order valence-electron chi connectivity index (χ0n) is 16.2. The second kappa shape index (κ2) is 8.51. The molecule has 30 heavy (non-hydrogen) atoms. The monoisotopic (exact) mass is 422 g/mol. The van der Waals surface area contributed by atoms with E-state index in [9.17, 15) is 9.90 Å². The van der Waals surface area contributed by atoms with E-state index in [-0.39, 0.29) is 23.3 Å². The Bertz CT molecular complexity index is 1090. The number of carboxylic acid groups (broad SMARTS) is 1. The largest absolute Gasteiger partial charge is 0.477 e. The second-order valence-electron chi connectivity index (χ2n) is 6.67. The van der Waals surface area contributed by atoms with Gasteiger partial charge < -0.3 is 9.84 Å². The summed E-state index contributed by atoms with van der Waals surface area (Å²) in [6.45, 7) is 2.62. The van der Waals surface area contributed by atoms with Crippen molar-refractivity contribution in [2.45, 2.75) is 12.8 Å². The van der Waals surface area contributed by atoms with Crippen LogP contribution in [0.25, 0.3) is 0 Å². The average Bonchev–Trinajstić information content (AvgIpc) is 3.20. The SMILES string of the molecule is CCOc1ncc(C(=O)O)c(N2CC(c3ccccc3)C(c3ccc(Cl)cc3)=N2)n1. The molecule has 0 saturated carbocycles. The van der Waals surface area contributed by atoms with Crippen molar-refractivity contribution in [2.75, 3.05) is 18.2 Å². The van der Waals surface area contributed by atoms with Crippen LogP contribution >= 0.6 is 11.6 Å². The Balaban J connectivity index is 1.80. The Morgan fingerprint density at radius 1 is 1.20 bits per heavy atom. The molecule has 0 fully saturated rings. The van der Waals surface area contributed by atoms with Gasteiger partial charge in [0.2, 0.25) is 0 Å². The maximum absolute atomic E-state index is 11.8. The van der Waals surface area contributed by atoms with E-state index < -0.39 is 5.97 Å². The molecule has 8 heteroatoms. The van der Waals surface area contributed by atoms with E-state index in [1.54, 1.807) is 5.01 Å². The molecule has 152 valence electrons. The number of hydrogen-bond donors (Lipinski definition) is 1. The van der Waals surface area contributed by atoms with Crippen LogP contribution in [-0.2, 0) is 0 Å². The Morgan fingerprint density at radius 2 is 1.93 bits per heavy atom. The molecule has 1 aliphatic heterocycles. The number of nitrogens with zero attached hydrogens (tertiary/aromatic N) is 4. The lowest BCUT2D eigenvalue weighted by atomic mass is 9.91. The highest BCUT2D eigenvalue weighted by atomic mass is 35.5. The summed E-state index contributed by atoms with van der Waals surface area (Å²) in [6, 6.07) is 17.5. The molecule has 3 aromatic rings. The molecule has 1 aromatic heterocycles. The molecule has 7 nitrogen and oxygen atoms in total. The van der Waals surface area contributed by atoms with Crippen molar-refractivity contribution in [3.05, 3.63) is 82.5 Å². The molecule has 1 N–H and O–H groups in total. The van der Waals surface area contributed by atoms with E-state index in [1.807, 2.05) is 61.5 Å². The normalized spacial score (nSPS) is 15.7. The van der Waals surface area contributed by atoms with Crippen molar-refractivity contribution in [1.29, 1.82) is 0 Å². The van der Waals surface area contributed by atoms with Gasteiger partial charge in [0, 0.05) is 10.9 Å². The molecule has 1 aliphatic rings. The third kappa shape index (κ3) is 3.97. The number of aromatic nitrogens is 2. The van der Waals surface area contributed by atoms with Gasteiger partial charge in [-0.05, 0) is 30.2 Å². The smallest absolute Gasteiger partial charge is 0.341 e. The molecule has 1 unspecified atom stereocenters. The quantitative estimate of drug-likeness (QED) is 0.639. The van der Waals surface area contributed by atoms with Crippen LogP contribution in [0.1, 0.15) is 34.3 Å². The minimum absolute atomic E-state index is 0.0358. The van der Waals surface area contributed by atoms with Crippen molar-refractivity contribution in [1.82, 2.24) is 9.97 Å². The zero-order valence-corrected chi connectivity index (χ0v) is 17.0. The molecule has 0 saturated heterocycles. The van der Waals surface area contributed by atoms with Gasteiger partial charge in [-0.1, -0.05) is 54.1 Å². The van der Waals surface area contributed by atoms with E-state index in [0.29, 0.717) is 18.2 Å². The predicted molar refractivity (Wildman–Crippen MR) is 115 cm³/mol. The fourth-order valence-corrected chi connectivity index (χ4v) is 3.49. The number of carboxylic acids is 1. The third-order valence-electron chi connectivity index (χ3n) is 4.75. The topological polar surface area (TPSA) is 87.9 Å². The fourth-order valence-electron chi connectivity index (χ4n) is 3.37. The number of anilines is 1. The summed E-state index contributed by atoms with van der Waals surface area (Å²) in [5, 5.41) is 16.6. The molecule has 0 radical (unpaired) electrons. The van der Waals surface area contributed by atoms with Crippen LogP contribution in [0.15, 0.2) is 65.9 Å².